The Morgan fingerprint density at radius 2 is 1.57 bits per heavy atom. The average molecular weight is 395 g/mol. The van der Waals surface area contributed by atoms with Gasteiger partial charge >= 0.3 is 0 Å². The summed E-state index contributed by atoms with van der Waals surface area (Å²) in [4.78, 5) is 11.8. The maximum Gasteiger partial charge on any atom is 0.115 e. The number of rotatable bonds is 8. The third kappa shape index (κ3) is 5.01. The van der Waals surface area contributed by atoms with Crippen molar-refractivity contribution in [3.63, 3.8) is 0 Å². The first kappa shape index (κ1) is 10.8. The molecular formula is C22H28N2O4. The van der Waals surface area contributed by atoms with Crippen LogP contribution in [0.25, 0.3) is 0 Å². The van der Waals surface area contributed by atoms with Crippen LogP contribution in [-0.2, 0) is 6.42 Å². The molecule has 1 saturated carbocycles. The quantitative estimate of drug-likeness (QED) is 0.463. The minimum atomic E-state index is -3.75. The fourth-order valence-electron chi connectivity index (χ4n) is 2.97. The fourth-order valence-corrected chi connectivity index (χ4v) is 2.97. The first-order valence-corrected chi connectivity index (χ1v) is 8.67. The van der Waals surface area contributed by atoms with Crippen molar-refractivity contribution in [2.45, 2.75) is 49.8 Å². The lowest BCUT2D eigenvalue weighted by Crippen LogP contribution is -2.43. The SMILES string of the molecule is [2H]C1([2H])C([2H])([2H])C([2H])([2H])C(O)(C(CN(CCc2ccc(O)cc2)N=O)c2ccc(O)cc2)C([2H])([2H])C1([2H])[2H]. The molecule has 6 heteroatoms. The predicted molar refractivity (Wildman–Crippen MR) is 108 cm³/mol. The Morgan fingerprint density at radius 3 is 2.14 bits per heavy atom. The Bertz CT molecular complexity index is 1130. The standard InChI is InChI=1S/C22H28N2O4/c25-19-8-4-17(5-9-19)12-15-24(23-28)16-21(18-6-10-20(26)11-7-18)22(27)13-2-1-3-14-22/h4-11,21,25-27H,1-3,12-16H2/i1D2,2D2,3D2,13D2,14D2. The molecule has 0 saturated heterocycles. The van der Waals surface area contributed by atoms with E-state index in [2.05, 4.69) is 5.29 Å². The number of nitroso groups, excluding NO2 is 1. The second kappa shape index (κ2) is 9.06. The Balaban J connectivity index is 2.16. The topological polar surface area (TPSA) is 93.4 Å². The molecule has 0 radical (unpaired) electrons. The van der Waals surface area contributed by atoms with Crippen molar-refractivity contribution in [3.8, 4) is 11.5 Å². The minimum absolute atomic E-state index is 0.0129. The first-order chi connectivity index (χ1) is 17.3. The van der Waals surface area contributed by atoms with Crippen molar-refractivity contribution >= 4 is 0 Å². The van der Waals surface area contributed by atoms with Gasteiger partial charge in [0, 0.05) is 32.7 Å². The number of aliphatic hydroxyl groups is 1. The molecule has 0 heterocycles. The maximum atomic E-state index is 11.9. The van der Waals surface area contributed by atoms with Crippen molar-refractivity contribution in [2.24, 2.45) is 5.29 Å². The van der Waals surface area contributed by atoms with Crippen molar-refractivity contribution in [1.82, 2.24) is 5.01 Å². The maximum absolute atomic E-state index is 11.9. The molecule has 1 aliphatic carbocycles. The molecule has 2 aromatic carbocycles. The van der Waals surface area contributed by atoms with Crippen LogP contribution in [0.15, 0.2) is 53.8 Å². The van der Waals surface area contributed by atoms with E-state index in [0.717, 1.165) is 17.1 Å². The summed E-state index contributed by atoms with van der Waals surface area (Å²) >= 11 is 0. The van der Waals surface area contributed by atoms with Gasteiger partial charge in [0.05, 0.1) is 10.9 Å². The lowest BCUT2D eigenvalue weighted by atomic mass is 9.72. The van der Waals surface area contributed by atoms with Crippen LogP contribution in [0.2, 0.25) is 0 Å². The van der Waals surface area contributed by atoms with E-state index in [9.17, 15) is 20.2 Å². The highest BCUT2D eigenvalue weighted by atomic mass is 16.3. The first-order valence-electron chi connectivity index (χ1n) is 13.7. The summed E-state index contributed by atoms with van der Waals surface area (Å²) in [5, 5.41) is 34.8. The second-order valence-electron chi connectivity index (χ2n) is 6.45. The molecule has 1 aliphatic rings. The summed E-state index contributed by atoms with van der Waals surface area (Å²) in [5.41, 5.74) is -3.00. The van der Waals surface area contributed by atoms with Crippen LogP contribution in [0, 0.1) is 4.91 Å². The van der Waals surface area contributed by atoms with Crippen LogP contribution in [-0.4, -0.2) is 39.0 Å². The molecule has 28 heavy (non-hydrogen) atoms. The number of aromatic hydroxyl groups is 2. The van der Waals surface area contributed by atoms with Crippen LogP contribution in [0.3, 0.4) is 0 Å². The summed E-state index contributed by atoms with van der Waals surface area (Å²) in [6, 6.07) is 10.6. The summed E-state index contributed by atoms with van der Waals surface area (Å²) < 4.78 is 83.2. The summed E-state index contributed by atoms with van der Waals surface area (Å²) in [5.74, 6) is -2.10. The monoisotopic (exact) mass is 394 g/mol. The van der Waals surface area contributed by atoms with Crippen molar-refractivity contribution < 1.29 is 29.0 Å². The van der Waals surface area contributed by atoms with Gasteiger partial charge in [-0.05, 0) is 54.6 Å². The van der Waals surface area contributed by atoms with E-state index in [1.54, 1.807) is 12.1 Å². The van der Waals surface area contributed by atoms with Crippen LogP contribution in [0.1, 0.15) is 62.6 Å². The van der Waals surface area contributed by atoms with Crippen LogP contribution in [0.4, 0.5) is 0 Å². The zero-order valence-electron chi connectivity index (χ0n) is 25.0. The van der Waals surface area contributed by atoms with E-state index in [0.29, 0.717) is 5.56 Å². The van der Waals surface area contributed by atoms with Gasteiger partial charge in [0.1, 0.15) is 11.5 Å². The van der Waals surface area contributed by atoms with Crippen molar-refractivity contribution in [2.75, 3.05) is 13.1 Å². The van der Waals surface area contributed by atoms with E-state index in [1.165, 1.54) is 24.3 Å². The molecular weight excluding hydrogens is 356 g/mol. The molecule has 150 valence electrons. The molecule has 6 nitrogen and oxygen atoms in total. The Kier molecular flexibility index (Phi) is 3.50. The third-order valence-electron chi connectivity index (χ3n) is 4.53. The molecule has 1 unspecified atom stereocenters. The van der Waals surface area contributed by atoms with E-state index >= 15 is 0 Å². The van der Waals surface area contributed by atoms with Gasteiger partial charge < -0.3 is 15.3 Å². The molecule has 2 aromatic rings. The molecule has 0 aromatic heterocycles. The summed E-state index contributed by atoms with van der Waals surface area (Å²) in [6.07, 6.45) is -18.5. The lowest BCUT2D eigenvalue weighted by Gasteiger charge is -2.40. The molecule has 0 bridgehead atoms. The van der Waals surface area contributed by atoms with Gasteiger partial charge in [0.2, 0.25) is 0 Å². The summed E-state index contributed by atoms with van der Waals surface area (Å²) in [7, 11) is 0. The van der Waals surface area contributed by atoms with Gasteiger partial charge in [0.15, 0.2) is 0 Å². The highest BCUT2D eigenvalue weighted by molar-refractivity contribution is 5.31. The van der Waals surface area contributed by atoms with Gasteiger partial charge in [-0.15, -0.1) is 4.91 Å². The van der Waals surface area contributed by atoms with Gasteiger partial charge in [-0.2, -0.15) is 0 Å². The van der Waals surface area contributed by atoms with Gasteiger partial charge in [0.25, 0.3) is 0 Å². The van der Waals surface area contributed by atoms with E-state index < -0.39 is 49.9 Å². The third-order valence-corrected chi connectivity index (χ3v) is 4.53. The van der Waals surface area contributed by atoms with Crippen molar-refractivity contribution in [1.29, 1.82) is 0 Å². The highest BCUT2D eigenvalue weighted by Gasteiger charge is 2.39. The molecule has 1 fully saturated rings. The van der Waals surface area contributed by atoms with E-state index in [4.69, 9.17) is 13.7 Å². The zero-order valence-corrected chi connectivity index (χ0v) is 15.0. The zero-order chi connectivity index (χ0) is 28.9. The molecule has 0 amide bonds. The normalized spacial score (nSPS) is 31.3. The smallest absolute Gasteiger partial charge is 0.115 e. The van der Waals surface area contributed by atoms with Crippen LogP contribution >= 0.6 is 0 Å². The number of phenols is 2. The van der Waals surface area contributed by atoms with Crippen LogP contribution in [0.5, 0.6) is 11.5 Å². The van der Waals surface area contributed by atoms with Crippen molar-refractivity contribution in [3.05, 3.63) is 64.6 Å². The lowest BCUT2D eigenvalue weighted by molar-refractivity contribution is -0.0309. The predicted octanol–water partition coefficient (Wildman–Crippen LogP) is 4.10. The second-order valence-corrected chi connectivity index (χ2v) is 6.45. The number of benzene rings is 2. The minimum Gasteiger partial charge on any atom is -0.508 e. The van der Waals surface area contributed by atoms with Crippen LogP contribution < -0.4 is 0 Å². The van der Waals surface area contributed by atoms with E-state index in [-0.39, 0.29) is 30.0 Å². The number of hydrogen-bond donors (Lipinski definition) is 3. The molecule has 0 aliphatic heterocycles. The summed E-state index contributed by atoms with van der Waals surface area (Å²) in [6.45, 7) is -0.845. The molecule has 1 atom stereocenters. The van der Waals surface area contributed by atoms with Gasteiger partial charge in [-0.3, -0.25) is 5.01 Å². The highest BCUT2D eigenvalue weighted by Crippen LogP contribution is 2.40. The Labute approximate surface area is 179 Å². The molecule has 3 rings (SSSR count). The number of hydrogen-bond acceptors (Lipinski definition) is 5. The molecule has 3 N–H and O–H groups in total. The fraction of sp³-hybridized carbons (Fsp3) is 0.455. The average Bonchev–Trinajstić information content (AvgIpc) is 2.84. The largest absolute Gasteiger partial charge is 0.508 e. The van der Waals surface area contributed by atoms with Gasteiger partial charge in [-0.1, -0.05) is 43.4 Å². The Morgan fingerprint density at radius 1 is 1.00 bits per heavy atom. The van der Waals surface area contributed by atoms with E-state index in [1.807, 2.05) is 0 Å². The molecule has 0 spiro atoms. The Hall–Kier alpha value is -2.60. The van der Waals surface area contributed by atoms with Gasteiger partial charge in [-0.25, -0.2) is 0 Å². The number of nitrogens with zero attached hydrogens (tertiary/aromatic N) is 2. The number of phenolic OH excluding ortho intramolecular Hbond substituents is 2.